The minimum Gasteiger partial charge on any atom is -0.465 e. The number of anilines is 2. The van der Waals surface area contributed by atoms with E-state index in [-0.39, 0.29) is 17.7 Å². The number of benzene rings is 1. The van der Waals surface area contributed by atoms with Crippen molar-refractivity contribution in [1.29, 1.82) is 0 Å². The standard InChI is InChI=1S/C28H29F2N7O2/c1-15-3-6-24-34-26-20(29)12-19(13-22(26)37(15)24)25-21(30)14-31-27(35-25)33-23-5-4-18(16(2)32-23)11-17-7-9-36(10-8-17)28(38)39/h4-5,12-15,17H,3,6-11H2,1-2H3,(H,38,39)(H,31,32,33,35). The Morgan fingerprint density at radius 3 is 2.64 bits per heavy atom. The van der Waals surface area contributed by atoms with E-state index in [1.165, 1.54) is 11.0 Å². The molecule has 3 aromatic heterocycles. The predicted octanol–water partition coefficient (Wildman–Crippen LogP) is 5.66. The second-order valence-corrected chi connectivity index (χ2v) is 10.5. The van der Waals surface area contributed by atoms with E-state index in [9.17, 15) is 9.18 Å². The van der Waals surface area contributed by atoms with Crippen molar-refractivity contribution in [3.05, 3.63) is 59.2 Å². The summed E-state index contributed by atoms with van der Waals surface area (Å²) in [6, 6.07) is 7.02. The van der Waals surface area contributed by atoms with E-state index in [1.807, 2.05) is 23.6 Å². The molecule has 6 rings (SSSR count). The first kappa shape index (κ1) is 25.1. The third-order valence-electron chi connectivity index (χ3n) is 7.89. The first-order valence-corrected chi connectivity index (χ1v) is 13.2. The number of imidazole rings is 1. The molecule has 1 saturated heterocycles. The third-order valence-corrected chi connectivity index (χ3v) is 7.89. The lowest BCUT2D eigenvalue weighted by atomic mass is 9.90. The van der Waals surface area contributed by atoms with E-state index < -0.39 is 17.7 Å². The van der Waals surface area contributed by atoms with Gasteiger partial charge in [-0.15, -0.1) is 0 Å². The van der Waals surface area contributed by atoms with Gasteiger partial charge in [-0.1, -0.05) is 6.07 Å². The number of fused-ring (bicyclic) bond motifs is 3. The van der Waals surface area contributed by atoms with Crippen LogP contribution in [0.1, 0.15) is 49.3 Å². The number of pyridine rings is 1. The molecule has 202 valence electrons. The number of carbonyl (C=O) groups is 1. The van der Waals surface area contributed by atoms with Gasteiger partial charge in [0.2, 0.25) is 5.95 Å². The molecule has 2 aliphatic heterocycles. The molecule has 0 aliphatic carbocycles. The quantitative estimate of drug-likeness (QED) is 0.341. The second-order valence-electron chi connectivity index (χ2n) is 10.5. The van der Waals surface area contributed by atoms with E-state index in [0.29, 0.717) is 41.4 Å². The van der Waals surface area contributed by atoms with Gasteiger partial charge in [0, 0.05) is 36.8 Å². The summed E-state index contributed by atoms with van der Waals surface area (Å²) < 4.78 is 31.9. The van der Waals surface area contributed by atoms with E-state index in [2.05, 4.69) is 32.2 Å². The minimum absolute atomic E-state index is 0.00412. The molecular weight excluding hydrogens is 504 g/mol. The highest BCUT2D eigenvalue weighted by molar-refractivity contribution is 5.83. The fraction of sp³-hybridized carbons (Fsp3) is 0.393. The Balaban J connectivity index is 1.22. The number of rotatable bonds is 5. The van der Waals surface area contributed by atoms with Crippen molar-refractivity contribution in [3.8, 4) is 11.3 Å². The molecular formula is C28H29F2N7O2. The Morgan fingerprint density at radius 1 is 1.10 bits per heavy atom. The summed E-state index contributed by atoms with van der Waals surface area (Å²) in [4.78, 5) is 30.1. The fourth-order valence-corrected chi connectivity index (χ4v) is 5.73. The smallest absolute Gasteiger partial charge is 0.407 e. The topological polar surface area (TPSA) is 109 Å². The van der Waals surface area contributed by atoms with Crippen LogP contribution < -0.4 is 5.32 Å². The highest BCUT2D eigenvalue weighted by Crippen LogP contribution is 2.35. The van der Waals surface area contributed by atoms with Gasteiger partial charge < -0.3 is 19.9 Å². The molecule has 2 aliphatic rings. The van der Waals surface area contributed by atoms with Crippen LogP contribution in [0.25, 0.3) is 22.3 Å². The van der Waals surface area contributed by atoms with Gasteiger partial charge in [-0.2, -0.15) is 0 Å². The summed E-state index contributed by atoms with van der Waals surface area (Å²) in [5.41, 5.74) is 3.19. The van der Waals surface area contributed by atoms with Crippen molar-refractivity contribution in [2.45, 2.75) is 52.0 Å². The van der Waals surface area contributed by atoms with Crippen molar-refractivity contribution >= 4 is 28.9 Å². The van der Waals surface area contributed by atoms with E-state index in [4.69, 9.17) is 5.11 Å². The van der Waals surface area contributed by atoms with Gasteiger partial charge in [0.25, 0.3) is 0 Å². The van der Waals surface area contributed by atoms with Crippen molar-refractivity contribution in [1.82, 2.24) is 29.4 Å². The fourth-order valence-electron chi connectivity index (χ4n) is 5.73. The first-order valence-electron chi connectivity index (χ1n) is 13.2. The lowest BCUT2D eigenvalue weighted by molar-refractivity contribution is 0.124. The van der Waals surface area contributed by atoms with Gasteiger partial charge in [0.15, 0.2) is 11.6 Å². The molecule has 0 spiro atoms. The Morgan fingerprint density at radius 2 is 1.90 bits per heavy atom. The molecule has 5 heterocycles. The average molecular weight is 534 g/mol. The lowest BCUT2D eigenvalue weighted by Gasteiger charge is -2.30. The van der Waals surface area contributed by atoms with Crippen LogP contribution in [0.15, 0.2) is 30.5 Å². The molecule has 11 heteroatoms. The molecule has 39 heavy (non-hydrogen) atoms. The maximum atomic E-state index is 15.0. The third kappa shape index (κ3) is 4.77. The van der Waals surface area contributed by atoms with Gasteiger partial charge in [0.05, 0.1) is 11.7 Å². The first-order chi connectivity index (χ1) is 18.8. The van der Waals surface area contributed by atoms with Gasteiger partial charge in [-0.25, -0.2) is 33.5 Å². The summed E-state index contributed by atoms with van der Waals surface area (Å²) in [5, 5.41) is 12.2. The summed E-state index contributed by atoms with van der Waals surface area (Å²) in [5.74, 6) is 0.751. The maximum absolute atomic E-state index is 15.0. The molecule has 4 aromatic rings. The van der Waals surface area contributed by atoms with E-state index in [1.54, 1.807) is 6.07 Å². The predicted molar refractivity (Wildman–Crippen MR) is 142 cm³/mol. The zero-order valence-corrected chi connectivity index (χ0v) is 21.8. The maximum Gasteiger partial charge on any atom is 0.407 e. The van der Waals surface area contributed by atoms with Gasteiger partial charge >= 0.3 is 6.09 Å². The molecule has 1 unspecified atom stereocenters. The summed E-state index contributed by atoms with van der Waals surface area (Å²) >= 11 is 0. The molecule has 0 radical (unpaired) electrons. The monoisotopic (exact) mass is 533 g/mol. The molecule has 2 N–H and O–H groups in total. The summed E-state index contributed by atoms with van der Waals surface area (Å²) in [7, 11) is 0. The Labute approximate surface area is 223 Å². The van der Waals surface area contributed by atoms with Crippen LogP contribution in [0.5, 0.6) is 0 Å². The summed E-state index contributed by atoms with van der Waals surface area (Å²) in [6.45, 7) is 5.09. The number of piperidine rings is 1. The van der Waals surface area contributed by atoms with Gasteiger partial charge in [0.1, 0.15) is 22.9 Å². The Hall–Kier alpha value is -4.15. The lowest BCUT2D eigenvalue weighted by Crippen LogP contribution is -2.37. The van der Waals surface area contributed by atoms with Crippen LogP contribution in [0, 0.1) is 24.5 Å². The number of nitrogens with one attached hydrogen (secondary N) is 1. The Kier molecular flexibility index (Phi) is 6.36. The SMILES string of the molecule is Cc1nc(Nc2ncc(F)c(-c3cc(F)c4nc5n(c4c3)C(C)CC5)n2)ccc1CC1CCN(C(=O)O)CC1. The molecule has 0 bridgehead atoms. The van der Waals surface area contributed by atoms with Crippen molar-refractivity contribution in [2.24, 2.45) is 5.92 Å². The largest absolute Gasteiger partial charge is 0.465 e. The van der Waals surface area contributed by atoms with Crippen molar-refractivity contribution in [2.75, 3.05) is 18.4 Å². The molecule has 0 saturated carbocycles. The molecule has 9 nitrogen and oxygen atoms in total. The second kappa shape index (κ2) is 9.87. The number of nitrogens with zero attached hydrogens (tertiary/aromatic N) is 6. The number of hydrogen-bond donors (Lipinski definition) is 2. The number of aromatic nitrogens is 5. The van der Waals surface area contributed by atoms with Crippen LogP contribution in [-0.2, 0) is 12.8 Å². The van der Waals surface area contributed by atoms with Crippen LogP contribution in [-0.4, -0.2) is 53.7 Å². The molecule has 1 aromatic carbocycles. The highest BCUT2D eigenvalue weighted by atomic mass is 19.1. The van der Waals surface area contributed by atoms with E-state index >= 15 is 4.39 Å². The van der Waals surface area contributed by atoms with Crippen molar-refractivity contribution < 1.29 is 18.7 Å². The average Bonchev–Trinajstić information content (AvgIpc) is 3.47. The zero-order chi connectivity index (χ0) is 27.3. The van der Waals surface area contributed by atoms with Gasteiger partial charge in [-0.05, 0) is 69.2 Å². The van der Waals surface area contributed by atoms with Crippen molar-refractivity contribution in [3.63, 3.8) is 0 Å². The minimum atomic E-state index is -0.862. The number of carboxylic acid groups (broad SMARTS) is 1. The van der Waals surface area contributed by atoms with Crippen LogP contribution >= 0.6 is 0 Å². The van der Waals surface area contributed by atoms with E-state index in [0.717, 1.165) is 55.4 Å². The van der Waals surface area contributed by atoms with Crippen LogP contribution in [0.3, 0.4) is 0 Å². The number of hydrogen-bond acceptors (Lipinski definition) is 6. The molecule has 1 atom stereocenters. The Bertz CT molecular complexity index is 1580. The zero-order valence-electron chi connectivity index (χ0n) is 21.8. The molecule has 1 fully saturated rings. The number of halogens is 2. The van der Waals surface area contributed by atoms with Gasteiger partial charge in [-0.3, -0.25) is 0 Å². The normalized spacial score (nSPS) is 17.5. The van der Waals surface area contributed by atoms with Crippen LogP contribution in [0.4, 0.5) is 25.3 Å². The number of aryl methyl sites for hydroxylation is 2. The molecule has 1 amide bonds. The number of amides is 1. The summed E-state index contributed by atoms with van der Waals surface area (Å²) in [6.07, 6.45) is 4.41. The number of likely N-dealkylation sites (tertiary alicyclic amines) is 1. The highest BCUT2D eigenvalue weighted by Gasteiger charge is 2.26. The van der Waals surface area contributed by atoms with Crippen LogP contribution in [0.2, 0.25) is 0 Å².